The molecule has 1 N–H and O–H groups in total. The quantitative estimate of drug-likeness (QED) is 0.864. The SMILES string of the molecule is Cc1cncc(NCc2ccc(C)c(C)c2)c1. The van der Waals surface area contributed by atoms with E-state index in [9.17, 15) is 0 Å². The average Bonchev–Trinajstić information content (AvgIpc) is 2.31. The summed E-state index contributed by atoms with van der Waals surface area (Å²) in [4.78, 5) is 4.17. The highest BCUT2D eigenvalue weighted by molar-refractivity contribution is 5.43. The van der Waals surface area contributed by atoms with Crippen LogP contribution in [0, 0.1) is 20.8 Å². The molecule has 0 radical (unpaired) electrons. The van der Waals surface area contributed by atoms with Crippen LogP contribution in [0.1, 0.15) is 22.3 Å². The Balaban J connectivity index is 2.05. The minimum absolute atomic E-state index is 0.840. The molecule has 0 fully saturated rings. The second-order valence-electron chi connectivity index (χ2n) is 4.52. The van der Waals surface area contributed by atoms with Crippen molar-refractivity contribution in [3.05, 3.63) is 58.9 Å². The van der Waals surface area contributed by atoms with Gasteiger partial charge in [-0.05, 0) is 49.1 Å². The summed E-state index contributed by atoms with van der Waals surface area (Å²) in [6.07, 6.45) is 3.72. The lowest BCUT2D eigenvalue weighted by Gasteiger charge is -2.08. The molecular weight excluding hydrogens is 208 g/mol. The van der Waals surface area contributed by atoms with Gasteiger partial charge in [-0.1, -0.05) is 18.2 Å². The van der Waals surface area contributed by atoms with E-state index in [0.29, 0.717) is 0 Å². The van der Waals surface area contributed by atoms with Crippen molar-refractivity contribution in [3.63, 3.8) is 0 Å². The third-order valence-corrected chi connectivity index (χ3v) is 2.94. The standard InChI is InChI=1S/C15H18N2/c1-11-6-15(10-16-8-11)17-9-14-5-4-12(2)13(3)7-14/h4-8,10,17H,9H2,1-3H3. The number of nitrogens with zero attached hydrogens (tertiary/aromatic N) is 1. The highest BCUT2D eigenvalue weighted by atomic mass is 14.9. The molecule has 2 rings (SSSR count). The number of aryl methyl sites for hydroxylation is 3. The van der Waals surface area contributed by atoms with Crippen LogP contribution in [0.5, 0.6) is 0 Å². The maximum atomic E-state index is 4.17. The van der Waals surface area contributed by atoms with Gasteiger partial charge < -0.3 is 5.32 Å². The van der Waals surface area contributed by atoms with Crippen molar-refractivity contribution in [3.8, 4) is 0 Å². The summed E-state index contributed by atoms with van der Waals surface area (Å²) in [6, 6.07) is 8.67. The van der Waals surface area contributed by atoms with Crippen molar-refractivity contribution in [2.24, 2.45) is 0 Å². The Bertz CT molecular complexity index is 518. The molecule has 0 saturated carbocycles. The van der Waals surface area contributed by atoms with E-state index in [1.165, 1.54) is 22.3 Å². The van der Waals surface area contributed by atoms with Gasteiger partial charge in [-0.15, -0.1) is 0 Å². The van der Waals surface area contributed by atoms with Gasteiger partial charge >= 0.3 is 0 Å². The molecular formula is C15H18N2. The minimum Gasteiger partial charge on any atom is -0.380 e. The van der Waals surface area contributed by atoms with E-state index in [2.05, 4.69) is 48.4 Å². The zero-order chi connectivity index (χ0) is 12.3. The maximum Gasteiger partial charge on any atom is 0.0532 e. The van der Waals surface area contributed by atoms with Gasteiger partial charge in [-0.25, -0.2) is 0 Å². The molecule has 0 saturated heterocycles. The summed E-state index contributed by atoms with van der Waals surface area (Å²) in [7, 11) is 0. The topological polar surface area (TPSA) is 24.9 Å². The normalized spacial score (nSPS) is 10.3. The smallest absolute Gasteiger partial charge is 0.0532 e. The minimum atomic E-state index is 0.840. The lowest BCUT2D eigenvalue weighted by atomic mass is 10.1. The molecule has 0 unspecified atom stereocenters. The van der Waals surface area contributed by atoms with Gasteiger partial charge in [0, 0.05) is 18.9 Å². The third-order valence-electron chi connectivity index (χ3n) is 2.94. The summed E-state index contributed by atoms with van der Waals surface area (Å²) >= 11 is 0. The van der Waals surface area contributed by atoms with E-state index in [1.54, 1.807) is 0 Å². The van der Waals surface area contributed by atoms with E-state index < -0.39 is 0 Å². The van der Waals surface area contributed by atoms with Crippen LogP contribution >= 0.6 is 0 Å². The molecule has 0 spiro atoms. The van der Waals surface area contributed by atoms with Gasteiger partial charge in [0.25, 0.3) is 0 Å². The maximum absolute atomic E-state index is 4.17. The molecule has 1 aromatic carbocycles. The third kappa shape index (κ3) is 3.06. The lowest BCUT2D eigenvalue weighted by Crippen LogP contribution is -2.00. The number of hydrogen-bond acceptors (Lipinski definition) is 2. The second kappa shape index (κ2) is 5.00. The van der Waals surface area contributed by atoms with E-state index in [1.807, 2.05) is 19.3 Å². The summed E-state index contributed by atoms with van der Waals surface area (Å²) in [5, 5.41) is 3.39. The van der Waals surface area contributed by atoms with E-state index >= 15 is 0 Å². The predicted octanol–water partition coefficient (Wildman–Crippen LogP) is 3.62. The number of benzene rings is 1. The van der Waals surface area contributed by atoms with Crippen molar-refractivity contribution in [2.75, 3.05) is 5.32 Å². The van der Waals surface area contributed by atoms with Crippen LogP contribution in [0.4, 0.5) is 5.69 Å². The summed E-state index contributed by atoms with van der Waals surface area (Å²) in [5.41, 5.74) is 6.23. The zero-order valence-corrected chi connectivity index (χ0v) is 10.6. The van der Waals surface area contributed by atoms with Crippen LogP contribution in [0.3, 0.4) is 0 Å². The monoisotopic (exact) mass is 226 g/mol. The van der Waals surface area contributed by atoms with Crippen LogP contribution in [-0.4, -0.2) is 4.98 Å². The number of hydrogen-bond donors (Lipinski definition) is 1. The Morgan fingerprint density at radius 2 is 1.82 bits per heavy atom. The molecule has 0 bridgehead atoms. The summed E-state index contributed by atoms with van der Waals surface area (Å²) in [6.45, 7) is 7.17. The van der Waals surface area contributed by atoms with Crippen molar-refractivity contribution in [2.45, 2.75) is 27.3 Å². The predicted molar refractivity (Wildman–Crippen MR) is 72.2 cm³/mol. The highest BCUT2D eigenvalue weighted by Crippen LogP contribution is 2.13. The van der Waals surface area contributed by atoms with Crippen LogP contribution in [0.15, 0.2) is 36.7 Å². The Morgan fingerprint density at radius 3 is 2.53 bits per heavy atom. The average molecular weight is 226 g/mol. The fourth-order valence-electron chi connectivity index (χ4n) is 1.77. The molecule has 88 valence electrons. The van der Waals surface area contributed by atoms with Gasteiger partial charge in [0.15, 0.2) is 0 Å². The van der Waals surface area contributed by atoms with Crippen LogP contribution in [-0.2, 0) is 6.54 Å². The lowest BCUT2D eigenvalue weighted by molar-refractivity contribution is 1.12. The number of rotatable bonds is 3. The Hall–Kier alpha value is -1.83. The Morgan fingerprint density at radius 1 is 1.00 bits per heavy atom. The van der Waals surface area contributed by atoms with Gasteiger partial charge in [-0.3, -0.25) is 4.98 Å². The molecule has 0 aliphatic heterocycles. The van der Waals surface area contributed by atoms with Crippen molar-refractivity contribution in [1.29, 1.82) is 0 Å². The molecule has 0 aliphatic carbocycles. The molecule has 1 aromatic heterocycles. The van der Waals surface area contributed by atoms with E-state index in [-0.39, 0.29) is 0 Å². The van der Waals surface area contributed by atoms with Gasteiger partial charge in [0.2, 0.25) is 0 Å². The van der Waals surface area contributed by atoms with Crippen LogP contribution in [0.2, 0.25) is 0 Å². The van der Waals surface area contributed by atoms with Crippen molar-refractivity contribution >= 4 is 5.69 Å². The van der Waals surface area contributed by atoms with Crippen LogP contribution < -0.4 is 5.32 Å². The first-order chi connectivity index (χ1) is 8.15. The summed E-state index contributed by atoms with van der Waals surface area (Å²) < 4.78 is 0. The van der Waals surface area contributed by atoms with E-state index in [4.69, 9.17) is 0 Å². The first kappa shape index (κ1) is 11.6. The molecule has 2 aromatic rings. The molecule has 1 heterocycles. The van der Waals surface area contributed by atoms with Gasteiger partial charge in [0.1, 0.15) is 0 Å². The first-order valence-electron chi connectivity index (χ1n) is 5.87. The molecule has 17 heavy (non-hydrogen) atoms. The van der Waals surface area contributed by atoms with Crippen LogP contribution in [0.25, 0.3) is 0 Å². The second-order valence-corrected chi connectivity index (χ2v) is 4.52. The largest absolute Gasteiger partial charge is 0.380 e. The highest BCUT2D eigenvalue weighted by Gasteiger charge is 1.97. The fourth-order valence-corrected chi connectivity index (χ4v) is 1.77. The van der Waals surface area contributed by atoms with Gasteiger partial charge in [0.05, 0.1) is 5.69 Å². The summed E-state index contributed by atoms with van der Waals surface area (Å²) in [5.74, 6) is 0. The Labute approximate surface area is 103 Å². The van der Waals surface area contributed by atoms with Crippen molar-refractivity contribution in [1.82, 2.24) is 4.98 Å². The first-order valence-corrected chi connectivity index (χ1v) is 5.87. The fraction of sp³-hybridized carbons (Fsp3) is 0.267. The number of nitrogens with one attached hydrogen (secondary N) is 1. The molecule has 0 aliphatic rings. The number of aromatic nitrogens is 1. The van der Waals surface area contributed by atoms with Crippen molar-refractivity contribution < 1.29 is 0 Å². The Kier molecular flexibility index (Phi) is 3.43. The molecule has 2 nitrogen and oxygen atoms in total. The molecule has 2 heteroatoms. The molecule has 0 atom stereocenters. The van der Waals surface area contributed by atoms with Gasteiger partial charge in [-0.2, -0.15) is 0 Å². The number of pyridine rings is 1. The van der Waals surface area contributed by atoms with E-state index in [0.717, 1.165) is 12.2 Å². The molecule has 0 amide bonds. The zero-order valence-electron chi connectivity index (χ0n) is 10.6. The number of anilines is 1.